The first-order chi connectivity index (χ1) is 8.65. The van der Waals surface area contributed by atoms with Crippen LogP contribution in [0.2, 0.25) is 0 Å². The van der Waals surface area contributed by atoms with E-state index in [1.807, 2.05) is 6.92 Å². The molecule has 2 rings (SSSR count). The maximum atomic E-state index is 10.2. The lowest BCUT2D eigenvalue weighted by molar-refractivity contribution is -0.0501. The normalized spacial score (nSPS) is 30.5. The van der Waals surface area contributed by atoms with E-state index in [-0.39, 0.29) is 18.2 Å². The molecule has 1 saturated heterocycles. The minimum absolute atomic E-state index is 0.0692. The highest BCUT2D eigenvalue weighted by Crippen LogP contribution is 2.28. The Morgan fingerprint density at radius 1 is 1.39 bits per heavy atom. The van der Waals surface area contributed by atoms with E-state index in [9.17, 15) is 5.11 Å². The van der Waals surface area contributed by atoms with E-state index in [1.165, 1.54) is 25.7 Å². The number of nitrogens with zero attached hydrogens (tertiary/aromatic N) is 1. The fourth-order valence-corrected chi connectivity index (χ4v) is 3.22. The van der Waals surface area contributed by atoms with Crippen molar-refractivity contribution in [1.29, 1.82) is 0 Å². The summed E-state index contributed by atoms with van der Waals surface area (Å²) in [6, 6.07) is 0.0692. The first-order valence-corrected chi connectivity index (χ1v) is 7.42. The molecule has 0 aromatic carbocycles. The van der Waals surface area contributed by atoms with Crippen molar-refractivity contribution < 1.29 is 9.84 Å². The van der Waals surface area contributed by atoms with Gasteiger partial charge in [0.1, 0.15) is 0 Å². The lowest BCUT2D eigenvalue weighted by atomic mass is 9.99. The average molecular weight is 256 g/mol. The Morgan fingerprint density at radius 2 is 2.11 bits per heavy atom. The minimum atomic E-state index is -0.181. The van der Waals surface area contributed by atoms with E-state index < -0.39 is 0 Å². The van der Waals surface area contributed by atoms with Gasteiger partial charge in [-0.2, -0.15) is 0 Å². The van der Waals surface area contributed by atoms with Gasteiger partial charge in [-0.3, -0.25) is 4.90 Å². The molecule has 1 aliphatic heterocycles. The van der Waals surface area contributed by atoms with E-state index in [1.54, 1.807) is 0 Å². The quantitative estimate of drug-likeness (QED) is 0.770. The highest BCUT2D eigenvalue weighted by Gasteiger charge is 2.26. The summed E-state index contributed by atoms with van der Waals surface area (Å²) >= 11 is 0. The number of β-amino-alcohol motifs (C(OH)–C–C–N with tert-alkyl or cyclic N) is 1. The number of hydrogen-bond acceptors (Lipinski definition) is 4. The second kappa shape index (κ2) is 6.85. The molecule has 0 aromatic rings. The molecule has 0 amide bonds. The highest BCUT2D eigenvalue weighted by atomic mass is 16.5. The highest BCUT2D eigenvalue weighted by molar-refractivity contribution is 4.80. The van der Waals surface area contributed by atoms with E-state index in [0.717, 1.165) is 38.6 Å². The summed E-state index contributed by atoms with van der Waals surface area (Å²) in [7, 11) is 0. The van der Waals surface area contributed by atoms with Gasteiger partial charge in [0.15, 0.2) is 0 Å². The van der Waals surface area contributed by atoms with Crippen LogP contribution in [0, 0.1) is 5.92 Å². The van der Waals surface area contributed by atoms with Crippen molar-refractivity contribution in [3.05, 3.63) is 0 Å². The molecule has 3 unspecified atom stereocenters. The third kappa shape index (κ3) is 4.19. The zero-order valence-corrected chi connectivity index (χ0v) is 11.6. The summed E-state index contributed by atoms with van der Waals surface area (Å²) in [5.74, 6) is 0.755. The molecule has 0 radical (unpaired) electrons. The van der Waals surface area contributed by atoms with Gasteiger partial charge in [0.25, 0.3) is 0 Å². The zero-order chi connectivity index (χ0) is 13.0. The van der Waals surface area contributed by atoms with E-state index in [4.69, 9.17) is 10.5 Å². The maximum absolute atomic E-state index is 10.2. The number of aliphatic hydroxyl groups is 1. The molecule has 1 aliphatic carbocycles. The van der Waals surface area contributed by atoms with Crippen molar-refractivity contribution in [2.24, 2.45) is 11.7 Å². The van der Waals surface area contributed by atoms with Crippen molar-refractivity contribution in [1.82, 2.24) is 4.90 Å². The molecule has 0 aromatic heterocycles. The van der Waals surface area contributed by atoms with E-state index in [2.05, 4.69) is 4.90 Å². The molecule has 3 atom stereocenters. The predicted octanol–water partition coefficient (Wildman–Crippen LogP) is 0.976. The van der Waals surface area contributed by atoms with Crippen LogP contribution in [0.15, 0.2) is 0 Å². The molecule has 0 spiro atoms. The van der Waals surface area contributed by atoms with Gasteiger partial charge >= 0.3 is 0 Å². The molecule has 2 aliphatic rings. The van der Waals surface area contributed by atoms with Crippen LogP contribution in [0.3, 0.4) is 0 Å². The van der Waals surface area contributed by atoms with Gasteiger partial charge in [0, 0.05) is 25.7 Å². The van der Waals surface area contributed by atoms with Crippen LogP contribution in [-0.4, -0.2) is 54.5 Å². The smallest absolute Gasteiger partial charge is 0.0850 e. The predicted molar refractivity (Wildman–Crippen MR) is 72.4 cm³/mol. The third-order valence-electron chi connectivity index (χ3n) is 4.31. The Labute approximate surface area is 110 Å². The van der Waals surface area contributed by atoms with Gasteiger partial charge in [-0.25, -0.2) is 0 Å². The number of ether oxygens (including phenoxy) is 1. The van der Waals surface area contributed by atoms with Gasteiger partial charge in [-0.15, -0.1) is 0 Å². The average Bonchev–Trinajstić information content (AvgIpc) is 2.82. The maximum Gasteiger partial charge on any atom is 0.0850 e. The molecule has 1 saturated carbocycles. The molecule has 2 fully saturated rings. The first kappa shape index (κ1) is 14.3. The van der Waals surface area contributed by atoms with Crippen LogP contribution in [0.4, 0.5) is 0 Å². The standard InChI is InChI=1S/C14H28N2O2/c1-11(15)14-10-16(6-7-18-14)9-13(17)8-12-4-2-3-5-12/h11-14,17H,2-10,15H2,1H3. The second-order valence-corrected chi connectivity index (χ2v) is 6.07. The molecule has 4 heteroatoms. The van der Waals surface area contributed by atoms with Crippen LogP contribution in [-0.2, 0) is 4.74 Å². The molecular weight excluding hydrogens is 228 g/mol. The molecule has 3 N–H and O–H groups in total. The van der Waals surface area contributed by atoms with Crippen molar-refractivity contribution in [3.63, 3.8) is 0 Å². The van der Waals surface area contributed by atoms with Crippen molar-refractivity contribution in [2.45, 2.75) is 57.3 Å². The Balaban J connectivity index is 1.70. The first-order valence-electron chi connectivity index (χ1n) is 7.42. The van der Waals surface area contributed by atoms with Gasteiger partial charge in [-0.05, 0) is 19.3 Å². The van der Waals surface area contributed by atoms with E-state index >= 15 is 0 Å². The van der Waals surface area contributed by atoms with Gasteiger partial charge in [0.05, 0.1) is 18.8 Å². The van der Waals surface area contributed by atoms with Crippen LogP contribution in [0.5, 0.6) is 0 Å². The largest absolute Gasteiger partial charge is 0.392 e. The minimum Gasteiger partial charge on any atom is -0.392 e. The zero-order valence-electron chi connectivity index (χ0n) is 11.6. The fraction of sp³-hybridized carbons (Fsp3) is 1.00. The molecular formula is C14H28N2O2. The van der Waals surface area contributed by atoms with Gasteiger partial charge < -0.3 is 15.6 Å². The lowest BCUT2D eigenvalue weighted by Gasteiger charge is -2.36. The van der Waals surface area contributed by atoms with Crippen molar-refractivity contribution in [2.75, 3.05) is 26.2 Å². The van der Waals surface area contributed by atoms with Crippen LogP contribution in [0.1, 0.15) is 39.0 Å². The fourth-order valence-electron chi connectivity index (χ4n) is 3.22. The number of rotatable bonds is 5. The van der Waals surface area contributed by atoms with Gasteiger partial charge in [-0.1, -0.05) is 25.7 Å². The third-order valence-corrected chi connectivity index (χ3v) is 4.31. The number of hydrogen-bond donors (Lipinski definition) is 2. The van der Waals surface area contributed by atoms with Crippen molar-refractivity contribution >= 4 is 0 Å². The summed E-state index contributed by atoms with van der Waals surface area (Å²) in [6.07, 6.45) is 6.23. The number of morpholine rings is 1. The molecule has 4 nitrogen and oxygen atoms in total. The van der Waals surface area contributed by atoms with E-state index in [0.29, 0.717) is 0 Å². The Morgan fingerprint density at radius 3 is 2.78 bits per heavy atom. The number of aliphatic hydroxyl groups excluding tert-OH is 1. The van der Waals surface area contributed by atoms with Crippen molar-refractivity contribution in [3.8, 4) is 0 Å². The summed E-state index contributed by atoms with van der Waals surface area (Å²) in [5.41, 5.74) is 5.88. The number of nitrogens with two attached hydrogens (primary N) is 1. The topological polar surface area (TPSA) is 58.7 Å². The molecule has 0 bridgehead atoms. The van der Waals surface area contributed by atoms with Crippen LogP contribution in [0.25, 0.3) is 0 Å². The molecule has 18 heavy (non-hydrogen) atoms. The Hall–Kier alpha value is -0.160. The summed E-state index contributed by atoms with van der Waals surface area (Å²) in [4.78, 5) is 2.30. The van der Waals surface area contributed by atoms with Gasteiger partial charge in [0.2, 0.25) is 0 Å². The second-order valence-electron chi connectivity index (χ2n) is 6.07. The Kier molecular flexibility index (Phi) is 5.42. The SMILES string of the molecule is CC(N)C1CN(CC(O)CC2CCCC2)CCO1. The lowest BCUT2D eigenvalue weighted by Crippen LogP contribution is -2.51. The Bertz CT molecular complexity index is 242. The summed E-state index contributed by atoms with van der Waals surface area (Å²) in [5, 5.41) is 10.2. The summed E-state index contributed by atoms with van der Waals surface area (Å²) < 4.78 is 5.64. The van der Waals surface area contributed by atoms with Crippen LogP contribution < -0.4 is 5.73 Å². The monoisotopic (exact) mass is 256 g/mol. The summed E-state index contributed by atoms with van der Waals surface area (Å²) in [6.45, 7) is 5.29. The van der Waals surface area contributed by atoms with Crippen LogP contribution >= 0.6 is 0 Å². The molecule has 1 heterocycles. The molecule has 106 valence electrons.